The lowest BCUT2D eigenvalue weighted by Gasteiger charge is -2.15. The van der Waals surface area contributed by atoms with Gasteiger partial charge in [0.2, 0.25) is 0 Å². The van der Waals surface area contributed by atoms with E-state index in [0.717, 1.165) is 24.2 Å². The van der Waals surface area contributed by atoms with Crippen molar-refractivity contribution in [1.82, 2.24) is 0 Å². The van der Waals surface area contributed by atoms with Gasteiger partial charge in [0, 0.05) is 17.4 Å². The molecule has 0 aliphatic heterocycles. The summed E-state index contributed by atoms with van der Waals surface area (Å²) in [5.41, 5.74) is 1.48. The summed E-state index contributed by atoms with van der Waals surface area (Å²) in [6.45, 7) is 2.49. The molecule has 0 unspecified atom stereocenters. The molecular formula is C15H18N2O2. The second kappa shape index (κ2) is 5.75. The van der Waals surface area contributed by atoms with E-state index in [-0.39, 0.29) is 5.41 Å². The minimum Gasteiger partial charge on any atom is -0.492 e. The Balaban J connectivity index is 2.11. The highest BCUT2D eigenvalue weighted by molar-refractivity contribution is 6.02. The van der Waals surface area contributed by atoms with Crippen molar-refractivity contribution in [3.63, 3.8) is 0 Å². The molecule has 1 aliphatic carbocycles. The molecule has 4 heteroatoms. The topological polar surface area (TPSA) is 65.6 Å². The van der Waals surface area contributed by atoms with Crippen molar-refractivity contribution in [2.75, 3.05) is 6.61 Å². The molecule has 0 atom stereocenters. The Labute approximate surface area is 113 Å². The Bertz CT molecular complexity index is 513. The van der Waals surface area contributed by atoms with Crippen LogP contribution in [-0.2, 0) is 0 Å². The van der Waals surface area contributed by atoms with Gasteiger partial charge in [-0.1, -0.05) is 24.2 Å². The molecule has 1 aliphatic rings. The maximum Gasteiger partial charge on any atom is 0.128 e. The average Bonchev–Trinajstić information content (AvgIpc) is 3.20. The van der Waals surface area contributed by atoms with Crippen LogP contribution in [0.5, 0.6) is 5.75 Å². The minimum absolute atomic E-state index is 0.0462. The molecule has 0 amide bonds. The van der Waals surface area contributed by atoms with E-state index in [9.17, 15) is 0 Å². The number of oxime groups is 1. The fraction of sp³-hybridized carbons (Fsp3) is 0.467. The summed E-state index contributed by atoms with van der Waals surface area (Å²) in [7, 11) is 0. The van der Waals surface area contributed by atoms with Gasteiger partial charge in [0.05, 0.1) is 18.4 Å². The summed E-state index contributed by atoms with van der Waals surface area (Å²) < 4.78 is 5.86. The van der Waals surface area contributed by atoms with Gasteiger partial charge in [-0.3, -0.25) is 0 Å². The van der Waals surface area contributed by atoms with Gasteiger partial charge in [-0.2, -0.15) is 5.26 Å². The van der Waals surface area contributed by atoms with Crippen LogP contribution in [0.2, 0.25) is 0 Å². The molecule has 1 saturated carbocycles. The van der Waals surface area contributed by atoms with Crippen molar-refractivity contribution < 1.29 is 9.94 Å². The number of nitrogens with zero attached hydrogens (tertiary/aromatic N) is 2. The molecule has 0 spiro atoms. The molecule has 0 aromatic heterocycles. The fourth-order valence-electron chi connectivity index (χ4n) is 2.09. The predicted octanol–water partition coefficient (Wildman–Crippen LogP) is 3.35. The third-order valence-electron chi connectivity index (χ3n) is 3.60. The van der Waals surface area contributed by atoms with E-state index in [0.29, 0.717) is 25.2 Å². The molecule has 4 nitrogen and oxygen atoms in total. The van der Waals surface area contributed by atoms with Gasteiger partial charge < -0.3 is 9.94 Å². The Morgan fingerprint density at radius 2 is 2.21 bits per heavy atom. The largest absolute Gasteiger partial charge is 0.492 e. The van der Waals surface area contributed by atoms with Crippen molar-refractivity contribution in [1.29, 1.82) is 5.26 Å². The fourth-order valence-corrected chi connectivity index (χ4v) is 2.09. The maximum atomic E-state index is 9.02. The number of nitriles is 1. The van der Waals surface area contributed by atoms with E-state index >= 15 is 0 Å². The summed E-state index contributed by atoms with van der Waals surface area (Å²) in [6, 6.07) is 9.77. The van der Waals surface area contributed by atoms with Gasteiger partial charge in [0.25, 0.3) is 0 Å². The summed E-state index contributed by atoms with van der Waals surface area (Å²) in [4.78, 5) is 0. The van der Waals surface area contributed by atoms with Crippen molar-refractivity contribution in [3.05, 3.63) is 29.8 Å². The molecule has 1 N–H and O–H groups in total. The zero-order valence-electron chi connectivity index (χ0n) is 11.1. The lowest BCUT2D eigenvalue weighted by Crippen LogP contribution is -2.14. The van der Waals surface area contributed by atoms with E-state index < -0.39 is 0 Å². The Morgan fingerprint density at radius 3 is 2.79 bits per heavy atom. The number of para-hydroxylation sites is 1. The maximum absolute atomic E-state index is 9.02. The van der Waals surface area contributed by atoms with E-state index in [1.807, 2.05) is 31.2 Å². The highest BCUT2D eigenvalue weighted by Crippen LogP contribution is 2.48. The van der Waals surface area contributed by atoms with Crippen LogP contribution in [0.25, 0.3) is 0 Å². The van der Waals surface area contributed by atoms with Gasteiger partial charge in [-0.15, -0.1) is 0 Å². The number of hydrogen-bond donors (Lipinski definition) is 1. The van der Waals surface area contributed by atoms with Crippen molar-refractivity contribution >= 4 is 5.71 Å². The van der Waals surface area contributed by atoms with Crippen LogP contribution in [-0.4, -0.2) is 17.5 Å². The van der Waals surface area contributed by atoms with Gasteiger partial charge in [0.1, 0.15) is 5.75 Å². The smallest absolute Gasteiger partial charge is 0.128 e. The highest BCUT2D eigenvalue weighted by atomic mass is 16.5. The number of ether oxygens (including phenoxy) is 1. The molecule has 100 valence electrons. The van der Waals surface area contributed by atoms with E-state index in [1.54, 1.807) is 0 Å². The monoisotopic (exact) mass is 258 g/mol. The van der Waals surface area contributed by atoms with Gasteiger partial charge in [0.15, 0.2) is 0 Å². The molecule has 2 rings (SSSR count). The van der Waals surface area contributed by atoms with Gasteiger partial charge in [-0.05, 0) is 31.4 Å². The lowest BCUT2D eigenvalue weighted by molar-refractivity contribution is 0.236. The van der Waals surface area contributed by atoms with Crippen molar-refractivity contribution in [2.24, 2.45) is 10.6 Å². The molecule has 0 heterocycles. The zero-order valence-corrected chi connectivity index (χ0v) is 11.1. The van der Waals surface area contributed by atoms with Crippen LogP contribution in [0.15, 0.2) is 29.4 Å². The van der Waals surface area contributed by atoms with Gasteiger partial charge in [-0.25, -0.2) is 0 Å². The second-order valence-corrected chi connectivity index (χ2v) is 5.02. The Kier molecular flexibility index (Phi) is 4.06. The molecule has 1 aromatic rings. The third-order valence-corrected chi connectivity index (χ3v) is 3.60. The molecule has 19 heavy (non-hydrogen) atoms. The molecule has 0 bridgehead atoms. The van der Waals surface area contributed by atoms with E-state index in [2.05, 4.69) is 11.2 Å². The van der Waals surface area contributed by atoms with E-state index in [1.165, 1.54) is 0 Å². The van der Waals surface area contributed by atoms with Crippen LogP contribution in [0.3, 0.4) is 0 Å². The average molecular weight is 258 g/mol. The van der Waals surface area contributed by atoms with Crippen LogP contribution in [0.4, 0.5) is 0 Å². The summed E-state index contributed by atoms with van der Waals surface area (Å²) in [6.07, 6.45) is 3.29. The first-order valence-corrected chi connectivity index (χ1v) is 6.55. The molecule has 1 aromatic carbocycles. The van der Waals surface area contributed by atoms with Crippen molar-refractivity contribution in [2.45, 2.75) is 32.6 Å². The first-order valence-electron chi connectivity index (χ1n) is 6.55. The summed E-state index contributed by atoms with van der Waals surface area (Å²) in [5, 5.41) is 21.1. The highest BCUT2D eigenvalue weighted by Gasteiger charge is 2.43. The first-order chi connectivity index (χ1) is 9.24. The SMILES string of the molecule is CCC(=NO)c1ccccc1OCC1(CC#N)CC1. The van der Waals surface area contributed by atoms with Crippen LogP contribution in [0.1, 0.15) is 38.2 Å². The summed E-state index contributed by atoms with van der Waals surface area (Å²) >= 11 is 0. The predicted molar refractivity (Wildman–Crippen MR) is 72.4 cm³/mol. The zero-order chi connectivity index (χ0) is 13.7. The molecule has 0 radical (unpaired) electrons. The standard InChI is InChI=1S/C15H18N2O2/c1-2-13(17-18)12-5-3-4-6-14(12)19-11-15(7-8-15)9-10-16/h3-6,18H,2,7-9,11H2,1H3. The molecule has 0 saturated heterocycles. The van der Waals surface area contributed by atoms with Crippen LogP contribution < -0.4 is 4.74 Å². The quantitative estimate of drug-likeness (QED) is 0.483. The van der Waals surface area contributed by atoms with Crippen molar-refractivity contribution in [3.8, 4) is 11.8 Å². The Hall–Kier alpha value is -2.02. The van der Waals surface area contributed by atoms with Crippen LogP contribution >= 0.6 is 0 Å². The van der Waals surface area contributed by atoms with Crippen LogP contribution in [0, 0.1) is 16.7 Å². The minimum atomic E-state index is 0.0462. The molecular weight excluding hydrogens is 240 g/mol. The summed E-state index contributed by atoms with van der Waals surface area (Å²) in [5.74, 6) is 0.723. The Morgan fingerprint density at radius 1 is 1.47 bits per heavy atom. The molecule has 1 fully saturated rings. The number of hydrogen-bond acceptors (Lipinski definition) is 4. The number of benzene rings is 1. The number of rotatable bonds is 6. The lowest BCUT2D eigenvalue weighted by atomic mass is 10.0. The normalized spacial score (nSPS) is 16.7. The third kappa shape index (κ3) is 3.05. The second-order valence-electron chi connectivity index (χ2n) is 5.02. The first kappa shape index (κ1) is 13.4. The van der Waals surface area contributed by atoms with Gasteiger partial charge >= 0.3 is 0 Å². The van der Waals surface area contributed by atoms with E-state index in [4.69, 9.17) is 15.2 Å².